The Morgan fingerprint density at radius 3 is 2.58 bits per heavy atom. The molecular weight excluding hydrogens is 266 g/mol. The van der Waals surface area contributed by atoms with E-state index in [4.69, 9.17) is 15.2 Å². The summed E-state index contributed by atoms with van der Waals surface area (Å²) >= 11 is 0. The molecule has 6 heteroatoms. The molecule has 0 bridgehead atoms. The zero-order chi connectivity index (χ0) is 14.5. The molecule has 0 heterocycles. The summed E-state index contributed by atoms with van der Waals surface area (Å²) in [5, 5.41) is 0. The van der Waals surface area contributed by atoms with E-state index in [1.54, 1.807) is 13.2 Å². The smallest absolute Gasteiger partial charge is 0.164 e. The molecule has 108 valence electrons. The fourth-order valence-electron chi connectivity index (χ4n) is 1.69. The Kier molecular flexibility index (Phi) is 5.62. The molecule has 0 spiro atoms. The third-order valence-corrected chi connectivity index (χ3v) is 3.43. The van der Waals surface area contributed by atoms with E-state index in [1.165, 1.54) is 6.26 Å². The second kappa shape index (κ2) is 6.77. The Labute approximate surface area is 114 Å². The number of ether oxygens (including phenoxy) is 2. The fraction of sp³-hybridized carbons (Fsp3) is 0.538. The monoisotopic (exact) mass is 287 g/mol. The minimum absolute atomic E-state index is 0.00985. The van der Waals surface area contributed by atoms with Crippen molar-refractivity contribution in [2.75, 3.05) is 25.7 Å². The average Bonchev–Trinajstić information content (AvgIpc) is 2.28. The molecular formula is C13H21NO4S. The van der Waals surface area contributed by atoms with Crippen molar-refractivity contribution in [1.29, 1.82) is 0 Å². The number of hydrogen-bond donors (Lipinski definition) is 1. The summed E-state index contributed by atoms with van der Waals surface area (Å²) in [4.78, 5) is 0. The fourth-order valence-corrected chi connectivity index (χ4v) is 2.07. The third kappa shape index (κ3) is 5.48. The Morgan fingerprint density at radius 2 is 2.05 bits per heavy atom. The standard InChI is InChI=1S/C13H21NO4S/c1-10(14)9-11-5-4-6-12(17-2)13(11)18-7-8-19(3,15)16/h4-6,10H,7-9,14H2,1-3H3. The zero-order valence-corrected chi connectivity index (χ0v) is 12.4. The summed E-state index contributed by atoms with van der Waals surface area (Å²) in [6, 6.07) is 5.53. The first-order valence-corrected chi connectivity index (χ1v) is 8.11. The van der Waals surface area contributed by atoms with Crippen LogP contribution >= 0.6 is 0 Å². The molecule has 1 aromatic rings. The highest BCUT2D eigenvalue weighted by Crippen LogP contribution is 2.31. The molecule has 0 amide bonds. The SMILES string of the molecule is COc1cccc(CC(C)N)c1OCCS(C)(=O)=O. The van der Waals surface area contributed by atoms with Crippen LogP contribution in [0, 0.1) is 0 Å². The maximum atomic E-state index is 11.1. The van der Waals surface area contributed by atoms with Crippen LogP contribution in [-0.4, -0.2) is 40.2 Å². The Balaban J connectivity index is 2.88. The van der Waals surface area contributed by atoms with Crippen LogP contribution in [0.25, 0.3) is 0 Å². The van der Waals surface area contributed by atoms with Gasteiger partial charge in [0, 0.05) is 12.3 Å². The lowest BCUT2D eigenvalue weighted by molar-refractivity contribution is 0.308. The largest absolute Gasteiger partial charge is 0.493 e. The minimum Gasteiger partial charge on any atom is -0.493 e. The van der Waals surface area contributed by atoms with Crippen molar-refractivity contribution in [3.8, 4) is 11.5 Å². The van der Waals surface area contributed by atoms with Gasteiger partial charge in [-0.1, -0.05) is 12.1 Å². The quantitative estimate of drug-likeness (QED) is 0.809. The van der Waals surface area contributed by atoms with E-state index < -0.39 is 9.84 Å². The van der Waals surface area contributed by atoms with E-state index >= 15 is 0 Å². The van der Waals surface area contributed by atoms with Gasteiger partial charge in [-0.15, -0.1) is 0 Å². The van der Waals surface area contributed by atoms with Gasteiger partial charge >= 0.3 is 0 Å². The Bertz CT molecular complexity index is 511. The topological polar surface area (TPSA) is 78.6 Å². The lowest BCUT2D eigenvalue weighted by atomic mass is 10.1. The van der Waals surface area contributed by atoms with Crippen molar-refractivity contribution >= 4 is 9.84 Å². The normalized spacial score (nSPS) is 13.1. The highest BCUT2D eigenvalue weighted by molar-refractivity contribution is 7.90. The summed E-state index contributed by atoms with van der Waals surface area (Å²) in [6.45, 7) is 2.00. The molecule has 0 fully saturated rings. The first kappa shape index (κ1) is 15.8. The van der Waals surface area contributed by atoms with Gasteiger partial charge in [0.1, 0.15) is 6.61 Å². The predicted octanol–water partition coefficient (Wildman–Crippen LogP) is 1.01. The number of para-hydroxylation sites is 1. The molecule has 0 radical (unpaired) electrons. The van der Waals surface area contributed by atoms with Crippen molar-refractivity contribution < 1.29 is 17.9 Å². The Morgan fingerprint density at radius 1 is 1.37 bits per heavy atom. The molecule has 1 rings (SSSR count). The van der Waals surface area contributed by atoms with Crippen LogP contribution in [0.3, 0.4) is 0 Å². The molecule has 0 aliphatic rings. The molecule has 1 aromatic carbocycles. The third-order valence-electron chi connectivity index (χ3n) is 2.52. The number of sulfone groups is 1. The molecule has 0 aromatic heterocycles. The van der Waals surface area contributed by atoms with Crippen molar-refractivity contribution in [3.63, 3.8) is 0 Å². The van der Waals surface area contributed by atoms with E-state index in [2.05, 4.69) is 0 Å². The van der Waals surface area contributed by atoms with Crippen LogP contribution in [0.1, 0.15) is 12.5 Å². The van der Waals surface area contributed by atoms with Crippen LogP contribution in [0.2, 0.25) is 0 Å². The van der Waals surface area contributed by atoms with Gasteiger partial charge in [0.2, 0.25) is 0 Å². The van der Waals surface area contributed by atoms with E-state index in [-0.39, 0.29) is 18.4 Å². The number of rotatable bonds is 7. The van der Waals surface area contributed by atoms with Gasteiger partial charge in [-0.3, -0.25) is 0 Å². The van der Waals surface area contributed by atoms with Gasteiger partial charge in [-0.25, -0.2) is 8.42 Å². The number of hydrogen-bond acceptors (Lipinski definition) is 5. The van der Waals surface area contributed by atoms with Crippen molar-refractivity contribution in [2.45, 2.75) is 19.4 Å². The van der Waals surface area contributed by atoms with Gasteiger partial charge in [0.15, 0.2) is 21.3 Å². The van der Waals surface area contributed by atoms with E-state index in [0.717, 1.165) is 5.56 Å². The lowest BCUT2D eigenvalue weighted by Crippen LogP contribution is -2.19. The lowest BCUT2D eigenvalue weighted by Gasteiger charge is -2.16. The van der Waals surface area contributed by atoms with Gasteiger partial charge in [0.25, 0.3) is 0 Å². The molecule has 5 nitrogen and oxygen atoms in total. The molecule has 19 heavy (non-hydrogen) atoms. The summed E-state index contributed by atoms with van der Waals surface area (Å²) in [7, 11) is -1.49. The van der Waals surface area contributed by atoms with Crippen LogP contribution in [0.15, 0.2) is 18.2 Å². The minimum atomic E-state index is -3.04. The van der Waals surface area contributed by atoms with Gasteiger partial charge in [-0.2, -0.15) is 0 Å². The van der Waals surface area contributed by atoms with E-state index in [1.807, 2.05) is 19.1 Å². The van der Waals surface area contributed by atoms with E-state index in [9.17, 15) is 8.42 Å². The Hall–Kier alpha value is -1.27. The van der Waals surface area contributed by atoms with Crippen LogP contribution in [0.5, 0.6) is 11.5 Å². The maximum absolute atomic E-state index is 11.1. The molecule has 2 N–H and O–H groups in total. The van der Waals surface area contributed by atoms with E-state index in [0.29, 0.717) is 17.9 Å². The first-order valence-electron chi connectivity index (χ1n) is 6.05. The summed E-state index contributed by atoms with van der Waals surface area (Å²) < 4.78 is 33.0. The van der Waals surface area contributed by atoms with Crippen molar-refractivity contribution in [2.24, 2.45) is 5.73 Å². The average molecular weight is 287 g/mol. The number of nitrogens with two attached hydrogens (primary N) is 1. The molecule has 0 saturated heterocycles. The molecule has 1 unspecified atom stereocenters. The highest BCUT2D eigenvalue weighted by Gasteiger charge is 2.13. The van der Waals surface area contributed by atoms with Crippen LogP contribution in [0.4, 0.5) is 0 Å². The van der Waals surface area contributed by atoms with Crippen molar-refractivity contribution in [1.82, 2.24) is 0 Å². The van der Waals surface area contributed by atoms with Gasteiger partial charge < -0.3 is 15.2 Å². The van der Waals surface area contributed by atoms with Crippen LogP contribution in [-0.2, 0) is 16.3 Å². The second-order valence-corrected chi connectivity index (χ2v) is 6.87. The summed E-state index contributed by atoms with van der Waals surface area (Å²) in [6.07, 6.45) is 1.83. The molecule has 1 atom stereocenters. The number of methoxy groups -OCH3 is 1. The van der Waals surface area contributed by atoms with Crippen molar-refractivity contribution in [3.05, 3.63) is 23.8 Å². The summed E-state index contributed by atoms with van der Waals surface area (Å²) in [5.74, 6) is 1.14. The number of benzene rings is 1. The molecule has 0 aliphatic heterocycles. The van der Waals surface area contributed by atoms with Gasteiger partial charge in [-0.05, 0) is 25.0 Å². The highest BCUT2D eigenvalue weighted by atomic mass is 32.2. The van der Waals surface area contributed by atoms with Crippen LogP contribution < -0.4 is 15.2 Å². The first-order chi connectivity index (χ1) is 8.83. The molecule has 0 saturated carbocycles. The zero-order valence-electron chi connectivity index (χ0n) is 11.5. The second-order valence-electron chi connectivity index (χ2n) is 4.61. The molecule has 0 aliphatic carbocycles. The predicted molar refractivity (Wildman–Crippen MR) is 75.6 cm³/mol. The van der Waals surface area contributed by atoms with Gasteiger partial charge in [0.05, 0.1) is 12.9 Å². The maximum Gasteiger partial charge on any atom is 0.164 e. The summed E-state index contributed by atoms with van der Waals surface area (Å²) in [5.41, 5.74) is 6.71.